The van der Waals surface area contributed by atoms with Crippen molar-refractivity contribution in [2.45, 2.75) is 26.3 Å². The van der Waals surface area contributed by atoms with Crippen molar-refractivity contribution in [3.05, 3.63) is 65.9 Å². The second kappa shape index (κ2) is 9.57. The molecule has 6 nitrogen and oxygen atoms in total. The average Bonchev–Trinajstić information content (AvgIpc) is 3.09. The van der Waals surface area contributed by atoms with Crippen LogP contribution < -0.4 is 14.5 Å². The fraction of sp³-hybridized carbons (Fsp3) is 0.385. The topological polar surface area (TPSA) is 44.7 Å². The molecular weight excluding hydrogens is 398 g/mol. The summed E-state index contributed by atoms with van der Waals surface area (Å²) < 4.78 is 5.83. The molecule has 32 heavy (non-hydrogen) atoms. The van der Waals surface area contributed by atoms with Crippen molar-refractivity contribution in [2.75, 3.05) is 50.8 Å². The molecule has 0 radical (unpaired) electrons. The number of rotatable bonds is 8. The first-order valence-electron chi connectivity index (χ1n) is 11.2. The SMILES string of the molecule is CC(C)c1ccccc1-c1ncc2c(n1)N(Cc1ccc(OCCN(C)C)cc1)CN2C. The van der Waals surface area contributed by atoms with Gasteiger partial charge in [0, 0.05) is 25.7 Å². The first-order chi connectivity index (χ1) is 15.4. The van der Waals surface area contributed by atoms with Gasteiger partial charge in [0.25, 0.3) is 0 Å². The van der Waals surface area contributed by atoms with Gasteiger partial charge in [-0.15, -0.1) is 0 Å². The van der Waals surface area contributed by atoms with Crippen LogP contribution in [0.25, 0.3) is 11.4 Å². The molecule has 2 aromatic carbocycles. The van der Waals surface area contributed by atoms with Crippen LogP contribution in [-0.4, -0.2) is 55.8 Å². The molecule has 1 aliphatic heterocycles. The zero-order chi connectivity index (χ0) is 22.7. The van der Waals surface area contributed by atoms with Crippen molar-refractivity contribution in [2.24, 2.45) is 0 Å². The van der Waals surface area contributed by atoms with E-state index in [2.05, 4.69) is 84.1 Å². The van der Waals surface area contributed by atoms with E-state index in [9.17, 15) is 0 Å². The Hall–Kier alpha value is -3.12. The van der Waals surface area contributed by atoms with Crippen LogP contribution in [0, 0.1) is 0 Å². The van der Waals surface area contributed by atoms with Crippen LogP contribution in [0.2, 0.25) is 0 Å². The highest BCUT2D eigenvalue weighted by atomic mass is 16.5. The molecule has 0 fully saturated rings. The van der Waals surface area contributed by atoms with E-state index in [0.29, 0.717) is 12.5 Å². The zero-order valence-corrected chi connectivity index (χ0v) is 19.7. The molecule has 0 unspecified atom stereocenters. The van der Waals surface area contributed by atoms with Gasteiger partial charge in [-0.2, -0.15) is 0 Å². The smallest absolute Gasteiger partial charge is 0.161 e. The molecule has 0 aliphatic carbocycles. The third kappa shape index (κ3) is 4.86. The Morgan fingerprint density at radius 2 is 1.81 bits per heavy atom. The van der Waals surface area contributed by atoms with Crippen molar-refractivity contribution in [1.82, 2.24) is 14.9 Å². The molecule has 0 spiro atoms. The number of likely N-dealkylation sites (N-methyl/N-ethyl adjacent to an activating group) is 1. The lowest BCUT2D eigenvalue weighted by Gasteiger charge is -2.19. The van der Waals surface area contributed by atoms with Crippen molar-refractivity contribution in [3.8, 4) is 17.1 Å². The van der Waals surface area contributed by atoms with Gasteiger partial charge >= 0.3 is 0 Å². The third-order valence-electron chi connectivity index (χ3n) is 5.77. The second-order valence-corrected chi connectivity index (χ2v) is 8.98. The van der Waals surface area contributed by atoms with Gasteiger partial charge in [0.05, 0.1) is 18.6 Å². The van der Waals surface area contributed by atoms with E-state index >= 15 is 0 Å². The average molecular weight is 432 g/mol. The minimum Gasteiger partial charge on any atom is -0.492 e. The summed E-state index contributed by atoms with van der Waals surface area (Å²) in [4.78, 5) is 16.3. The molecule has 6 heteroatoms. The largest absolute Gasteiger partial charge is 0.492 e. The molecule has 0 saturated heterocycles. The number of anilines is 2. The number of aromatic nitrogens is 2. The minimum absolute atomic E-state index is 0.417. The van der Waals surface area contributed by atoms with E-state index in [4.69, 9.17) is 14.7 Å². The maximum atomic E-state index is 5.83. The van der Waals surface area contributed by atoms with Gasteiger partial charge in [0.15, 0.2) is 11.6 Å². The number of fused-ring (bicyclic) bond motifs is 1. The number of benzene rings is 2. The molecule has 168 valence electrons. The molecule has 0 N–H and O–H groups in total. The van der Waals surface area contributed by atoms with Crippen LogP contribution in [-0.2, 0) is 6.54 Å². The Labute approximate surface area is 191 Å². The lowest BCUT2D eigenvalue weighted by atomic mass is 9.97. The molecule has 3 aromatic rings. The van der Waals surface area contributed by atoms with Crippen LogP contribution in [0.15, 0.2) is 54.7 Å². The first-order valence-corrected chi connectivity index (χ1v) is 11.2. The first kappa shape index (κ1) is 22.1. The Bertz CT molecular complexity index is 1050. The summed E-state index contributed by atoms with van der Waals surface area (Å²) >= 11 is 0. The summed E-state index contributed by atoms with van der Waals surface area (Å²) in [6.07, 6.45) is 1.95. The Kier molecular flexibility index (Phi) is 6.61. The lowest BCUT2D eigenvalue weighted by molar-refractivity contribution is 0.261. The van der Waals surface area contributed by atoms with Crippen LogP contribution >= 0.6 is 0 Å². The second-order valence-electron chi connectivity index (χ2n) is 8.98. The standard InChI is InChI=1S/C26H33N5O/c1-19(2)22-8-6-7-9-23(22)25-27-16-24-26(28-25)31(18-30(24)5)17-20-10-12-21(13-11-20)32-15-14-29(3)4/h6-13,16,19H,14-15,17-18H2,1-5H3. The Morgan fingerprint density at radius 3 is 2.53 bits per heavy atom. The van der Waals surface area contributed by atoms with Gasteiger partial charge in [0.2, 0.25) is 0 Å². The van der Waals surface area contributed by atoms with Gasteiger partial charge in [0.1, 0.15) is 12.4 Å². The van der Waals surface area contributed by atoms with Crippen molar-refractivity contribution in [1.29, 1.82) is 0 Å². The lowest BCUT2D eigenvalue weighted by Crippen LogP contribution is -2.27. The highest BCUT2D eigenvalue weighted by molar-refractivity contribution is 5.74. The minimum atomic E-state index is 0.417. The molecule has 1 aromatic heterocycles. The van der Waals surface area contributed by atoms with Crippen molar-refractivity contribution in [3.63, 3.8) is 0 Å². The summed E-state index contributed by atoms with van der Waals surface area (Å²) in [5.74, 6) is 3.10. The van der Waals surface area contributed by atoms with Crippen LogP contribution in [0.4, 0.5) is 11.5 Å². The number of nitrogens with zero attached hydrogens (tertiary/aromatic N) is 5. The maximum Gasteiger partial charge on any atom is 0.161 e. The predicted octanol–water partition coefficient (Wildman–Crippen LogP) is 4.62. The van der Waals surface area contributed by atoms with Gasteiger partial charge in [-0.05, 0) is 43.3 Å². The highest BCUT2D eigenvalue weighted by Crippen LogP contribution is 2.36. The molecule has 0 amide bonds. The van der Waals surface area contributed by atoms with Crippen LogP contribution in [0.3, 0.4) is 0 Å². The third-order valence-corrected chi connectivity index (χ3v) is 5.77. The molecule has 0 saturated carbocycles. The quantitative estimate of drug-likeness (QED) is 0.519. The summed E-state index contributed by atoms with van der Waals surface area (Å²) in [6.45, 7) is 7.59. The Balaban J connectivity index is 1.53. The fourth-order valence-electron chi connectivity index (χ4n) is 3.98. The van der Waals surface area contributed by atoms with Crippen LogP contribution in [0.5, 0.6) is 5.75 Å². The fourth-order valence-corrected chi connectivity index (χ4v) is 3.98. The van der Waals surface area contributed by atoms with Gasteiger partial charge in [-0.3, -0.25) is 0 Å². The normalized spacial score (nSPS) is 13.2. The van der Waals surface area contributed by atoms with E-state index in [1.165, 1.54) is 11.1 Å². The van der Waals surface area contributed by atoms with Gasteiger partial charge in [-0.25, -0.2) is 9.97 Å². The number of hydrogen-bond acceptors (Lipinski definition) is 6. The van der Waals surface area contributed by atoms with Crippen molar-refractivity contribution < 1.29 is 4.74 Å². The van der Waals surface area contributed by atoms with E-state index in [1.807, 2.05) is 20.3 Å². The van der Waals surface area contributed by atoms with E-state index in [0.717, 1.165) is 48.4 Å². The van der Waals surface area contributed by atoms with Gasteiger partial charge < -0.3 is 19.4 Å². The van der Waals surface area contributed by atoms with Crippen LogP contribution in [0.1, 0.15) is 30.9 Å². The zero-order valence-electron chi connectivity index (χ0n) is 19.7. The summed E-state index contributed by atoms with van der Waals surface area (Å²) in [5, 5.41) is 0. The Morgan fingerprint density at radius 1 is 1.06 bits per heavy atom. The van der Waals surface area contributed by atoms with E-state index in [-0.39, 0.29) is 0 Å². The highest BCUT2D eigenvalue weighted by Gasteiger charge is 2.26. The van der Waals surface area contributed by atoms with Gasteiger partial charge in [-0.1, -0.05) is 50.2 Å². The van der Waals surface area contributed by atoms with Crippen molar-refractivity contribution >= 4 is 11.5 Å². The maximum absolute atomic E-state index is 5.83. The molecule has 2 heterocycles. The molecule has 0 atom stereocenters. The van der Waals surface area contributed by atoms with E-state index < -0.39 is 0 Å². The molecular formula is C26H33N5O. The molecule has 0 bridgehead atoms. The molecule has 1 aliphatic rings. The summed E-state index contributed by atoms with van der Waals surface area (Å²) in [5.41, 5.74) is 4.68. The summed E-state index contributed by atoms with van der Waals surface area (Å²) in [7, 11) is 6.19. The van der Waals surface area contributed by atoms with E-state index in [1.54, 1.807) is 0 Å². The summed E-state index contributed by atoms with van der Waals surface area (Å²) in [6, 6.07) is 16.8. The molecule has 4 rings (SSSR count). The number of ether oxygens (including phenoxy) is 1. The monoisotopic (exact) mass is 431 g/mol. The number of hydrogen-bond donors (Lipinski definition) is 0. The predicted molar refractivity (Wildman–Crippen MR) is 132 cm³/mol.